The quantitative estimate of drug-likeness (QED) is 0.808. The molecule has 0 spiro atoms. The van der Waals surface area contributed by atoms with E-state index in [1.54, 1.807) is 31.4 Å². The molecular weight excluding hydrogens is 234 g/mol. The monoisotopic (exact) mass is 251 g/mol. The van der Waals surface area contributed by atoms with Crippen LogP contribution >= 0.6 is 0 Å². The van der Waals surface area contributed by atoms with Crippen molar-refractivity contribution in [3.63, 3.8) is 0 Å². The van der Waals surface area contributed by atoms with Crippen molar-refractivity contribution in [1.82, 2.24) is 0 Å². The fourth-order valence-corrected chi connectivity index (χ4v) is 2.62. The molecule has 92 valence electrons. The molecule has 0 aliphatic heterocycles. The second-order valence-electron chi connectivity index (χ2n) is 4.47. The molecule has 0 aromatic heterocycles. The third-order valence-corrected chi connectivity index (χ3v) is 3.91. The van der Waals surface area contributed by atoms with Crippen LogP contribution in [0.4, 0.5) is 0 Å². The Kier molecular flexibility index (Phi) is 4.71. The molecule has 0 bridgehead atoms. The van der Waals surface area contributed by atoms with E-state index in [1.165, 1.54) is 0 Å². The number of hydrogen-bond donors (Lipinski definition) is 0. The molecule has 0 saturated heterocycles. The summed E-state index contributed by atoms with van der Waals surface area (Å²) in [6, 6.07) is 9.40. The van der Waals surface area contributed by atoms with Crippen LogP contribution in [0.2, 0.25) is 0 Å². The molecule has 17 heavy (non-hydrogen) atoms. The highest BCUT2D eigenvalue weighted by Crippen LogP contribution is 2.21. The van der Waals surface area contributed by atoms with Crippen LogP contribution < -0.4 is 4.74 Å². The lowest BCUT2D eigenvalue weighted by atomic mass is 9.93. The molecule has 0 aliphatic carbocycles. The smallest absolute Gasteiger partial charge is 0.118 e. The van der Waals surface area contributed by atoms with Crippen LogP contribution in [0.3, 0.4) is 0 Å². The lowest BCUT2D eigenvalue weighted by Gasteiger charge is -2.14. The van der Waals surface area contributed by atoms with Gasteiger partial charge in [-0.25, -0.2) is 0 Å². The average molecular weight is 251 g/mol. The number of nitrogens with zero attached hydrogens (tertiary/aromatic N) is 1. The first kappa shape index (κ1) is 13.7. The van der Waals surface area contributed by atoms with Gasteiger partial charge >= 0.3 is 0 Å². The van der Waals surface area contributed by atoms with Gasteiger partial charge in [0.2, 0.25) is 0 Å². The maximum atomic E-state index is 12.0. The van der Waals surface area contributed by atoms with Crippen LogP contribution in [0.5, 0.6) is 5.75 Å². The zero-order valence-electron chi connectivity index (χ0n) is 10.4. The number of methoxy groups -OCH3 is 1. The first-order valence-corrected chi connectivity index (χ1v) is 6.74. The molecule has 0 fully saturated rings. The largest absolute Gasteiger partial charge is 0.497 e. The summed E-state index contributed by atoms with van der Waals surface area (Å²) >= 11 is 0. The zero-order valence-corrected chi connectivity index (χ0v) is 11.2. The van der Waals surface area contributed by atoms with Gasteiger partial charge in [0.1, 0.15) is 5.75 Å². The van der Waals surface area contributed by atoms with Crippen LogP contribution in [0, 0.1) is 16.7 Å². The Morgan fingerprint density at radius 1 is 1.35 bits per heavy atom. The van der Waals surface area contributed by atoms with Crippen molar-refractivity contribution in [3.05, 3.63) is 24.3 Å². The Morgan fingerprint density at radius 3 is 2.41 bits per heavy atom. The predicted molar refractivity (Wildman–Crippen MR) is 68.3 cm³/mol. The minimum Gasteiger partial charge on any atom is -0.497 e. The summed E-state index contributed by atoms with van der Waals surface area (Å²) in [5, 5.41) is 8.88. The number of hydrogen-bond acceptors (Lipinski definition) is 3. The summed E-state index contributed by atoms with van der Waals surface area (Å²) in [6.07, 6.45) is 0.627. The fourth-order valence-electron chi connectivity index (χ4n) is 1.25. The summed E-state index contributed by atoms with van der Waals surface area (Å²) in [4.78, 5) is 0.777. The highest BCUT2D eigenvalue weighted by atomic mass is 32.2. The van der Waals surface area contributed by atoms with Gasteiger partial charge in [-0.1, -0.05) is 0 Å². The SMILES string of the molecule is COc1ccc(S(=O)CCC(C)(C)C#N)cc1. The standard InChI is InChI=1S/C13H17NO2S/c1-13(2,10-14)8-9-17(15)12-6-4-11(16-3)5-7-12/h4-7H,8-9H2,1-3H3. The molecule has 1 aromatic rings. The highest BCUT2D eigenvalue weighted by Gasteiger charge is 2.18. The molecule has 4 heteroatoms. The third-order valence-electron chi connectivity index (χ3n) is 2.54. The van der Waals surface area contributed by atoms with Crippen molar-refractivity contribution in [2.75, 3.05) is 12.9 Å². The minimum atomic E-state index is -1.05. The third kappa shape index (κ3) is 4.20. The predicted octanol–water partition coefficient (Wildman–Crippen LogP) is 2.74. The number of ether oxygens (including phenoxy) is 1. The fraction of sp³-hybridized carbons (Fsp3) is 0.462. The number of rotatable bonds is 5. The van der Waals surface area contributed by atoms with Gasteiger partial charge in [0.05, 0.1) is 29.4 Å². The molecular formula is C13H17NO2S. The summed E-state index contributed by atoms with van der Waals surface area (Å²) < 4.78 is 17.0. The average Bonchev–Trinajstić information content (AvgIpc) is 2.36. The molecule has 0 heterocycles. The van der Waals surface area contributed by atoms with Crippen LogP contribution in [0.1, 0.15) is 20.3 Å². The van der Waals surface area contributed by atoms with Crippen molar-refractivity contribution >= 4 is 10.8 Å². The number of nitriles is 1. The van der Waals surface area contributed by atoms with E-state index in [9.17, 15) is 4.21 Å². The molecule has 0 aliphatic rings. The molecule has 3 nitrogen and oxygen atoms in total. The number of benzene rings is 1. The van der Waals surface area contributed by atoms with E-state index in [-0.39, 0.29) is 0 Å². The van der Waals surface area contributed by atoms with Gasteiger partial charge in [-0.2, -0.15) is 5.26 Å². The van der Waals surface area contributed by atoms with Crippen molar-refractivity contribution in [2.45, 2.75) is 25.2 Å². The van der Waals surface area contributed by atoms with E-state index in [4.69, 9.17) is 10.00 Å². The Labute approximate surface area is 105 Å². The van der Waals surface area contributed by atoms with Gasteiger partial charge < -0.3 is 4.74 Å². The van der Waals surface area contributed by atoms with E-state index < -0.39 is 16.2 Å². The van der Waals surface area contributed by atoms with Gasteiger partial charge in [0, 0.05) is 10.6 Å². The van der Waals surface area contributed by atoms with Crippen LogP contribution in [-0.4, -0.2) is 17.1 Å². The lowest BCUT2D eigenvalue weighted by Crippen LogP contribution is -2.12. The van der Waals surface area contributed by atoms with Crippen molar-refractivity contribution in [3.8, 4) is 11.8 Å². The van der Waals surface area contributed by atoms with Gasteiger partial charge in [-0.15, -0.1) is 0 Å². The summed E-state index contributed by atoms with van der Waals surface area (Å²) in [5.41, 5.74) is -0.415. The summed E-state index contributed by atoms with van der Waals surface area (Å²) in [5.74, 6) is 1.26. The van der Waals surface area contributed by atoms with Crippen molar-refractivity contribution < 1.29 is 8.95 Å². The van der Waals surface area contributed by atoms with Crippen molar-refractivity contribution in [1.29, 1.82) is 5.26 Å². The second-order valence-corrected chi connectivity index (χ2v) is 6.04. The maximum Gasteiger partial charge on any atom is 0.118 e. The molecule has 1 atom stereocenters. The van der Waals surface area contributed by atoms with Gasteiger partial charge in [-0.05, 0) is 44.5 Å². The van der Waals surface area contributed by atoms with E-state index in [0.717, 1.165) is 10.6 Å². The topological polar surface area (TPSA) is 50.1 Å². The van der Waals surface area contributed by atoms with Crippen LogP contribution in [0.15, 0.2) is 29.2 Å². The molecule has 0 N–H and O–H groups in total. The maximum absolute atomic E-state index is 12.0. The minimum absolute atomic E-state index is 0.415. The Balaban J connectivity index is 2.62. The molecule has 0 saturated carbocycles. The van der Waals surface area contributed by atoms with E-state index in [2.05, 4.69) is 6.07 Å². The van der Waals surface area contributed by atoms with E-state index in [1.807, 2.05) is 13.8 Å². The van der Waals surface area contributed by atoms with E-state index >= 15 is 0 Å². The second kappa shape index (κ2) is 5.83. The molecule has 0 radical (unpaired) electrons. The normalized spacial score (nSPS) is 12.8. The van der Waals surface area contributed by atoms with Crippen molar-refractivity contribution in [2.24, 2.45) is 5.41 Å². The molecule has 1 rings (SSSR count). The molecule has 1 unspecified atom stereocenters. The van der Waals surface area contributed by atoms with Crippen LogP contribution in [-0.2, 0) is 10.8 Å². The Bertz CT molecular complexity index is 432. The van der Waals surface area contributed by atoms with E-state index in [0.29, 0.717) is 12.2 Å². The van der Waals surface area contributed by atoms with Gasteiger partial charge in [0.15, 0.2) is 0 Å². The first-order chi connectivity index (χ1) is 7.98. The molecule has 1 aromatic carbocycles. The molecule has 0 amide bonds. The van der Waals surface area contributed by atoms with Gasteiger partial charge in [0.25, 0.3) is 0 Å². The zero-order chi connectivity index (χ0) is 12.9. The first-order valence-electron chi connectivity index (χ1n) is 5.42. The van der Waals surface area contributed by atoms with Crippen LogP contribution in [0.25, 0.3) is 0 Å². The Morgan fingerprint density at radius 2 is 1.94 bits per heavy atom. The highest BCUT2D eigenvalue weighted by molar-refractivity contribution is 7.85. The Hall–Kier alpha value is -1.34. The summed E-state index contributed by atoms with van der Waals surface area (Å²) in [6.45, 7) is 3.72. The lowest BCUT2D eigenvalue weighted by molar-refractivity contribution is 0.414. The van der Waals surface area contributed by atoms with Gasteiger partial charge in [-0.3, -0.25) is 4.21 Å². The summed E-state index contributed by atoms with van der Waals surface area (Å²) in [7, 11) is 0.550.